The van der Waals surface area contributed by atoms with E-state index in [4.69, 9.17) is 0 Å². The molecule has 0 saturated heterocycles. The summed E-state index contributed by atoms with van der Waals surface area (Å²) in [5, 5.41) is 9.62. The Kier molecular flexibility index (Phi) is 4.10. The lowest BCUT2D eigenvalue weighted by molar-refractivity contribution is 0.0600. The van der Waals surface area contributed by atoms with Crippen molar-refractivity contribution in [2.75, 3.05) is 5.75 Å². The third kappa shape index (κ3) is 2.88. The molecule has 0 aromatic heterocycles. The topological polar surface area (TPSA) is 20.2 Å². The average molecular weight is 192 g/mol. The van der Waals surface area contributed by atoms with Crippen LogP contribution in [-0.2, 0) is 0 Å². The Labute approximate surface area is 77.8 Å². The number of rotatable bonds is 2. The highest BCUT2D eigenvalue weighted by atomic mass is 33.1. The Morgan fingerprint density at radius 1 is 1.55 bits per heavy atom. The Morgan fingerprint density at radius 3 is 2.82 bits per heavy atom. The van der Waals surface area contributed by atoms with Gasteiger partial charge in [-0.25, -0.2) is 0 Å². The molecule has 3 unspecified atom stereocenters. The van der Waals surface area contributed by atoms with Gasteiger partial charge < -0.3 is 5.11 Å². The van der Waals surface area contributed by atoms with Crippen molar-refractivity contribution in [3.8, 4) is 0 Å². The molecule has 0 bridgehead atoms. The van der Waals surface area contributed by atoms with Gasteiger partial charge in [0.05, 0.1) is 6.10 Å². The molecule has 0 amide bonds. The monoisotopic (exact) mass is 192 g/mol. The van der Waals surface area contributed by atoms with Crippen LogP contribution in [0.4, 0.5) is 0 Å². The first-order valence-electron chi connectivity index (χ1n) is 4.18. The molecular formula is C8H16OS2. The highest BCUT2D eigenvalue weighted by Gasteiger charge is 2.26. The number of hydrogen-bond donors (Lipinski definition) is 2. The molecule has 0 radical (unpaired) electrons. The Balaban J connectivity index is 2.31. The summed E-state index contributed by atoms with van der Waals surface area (Å²) in [5.41, 5.74) is 0. The normalized spacial score (nSPS) is 39.0. The first-order valence-corrected chi connectivity index (χ1v) is 6.22. The maximum Gasteiger partial charge on any atom is 0.0579 e. The van der Waals surface area contributed by atoms with E-state index in [2.05, 4.69) is 18.6 Å². The van der Waals surface area contributed by atoms with Gasteiger partial charge in [0.2, 0.25) is 0 Å². The Bertz CT molecular complexity index is 119. The fourth-order valence-corrected chi connectivity index (χ4v) is 2.86. The summed E-state index contributed by atoms with van der Waals surface area (Å²) in [6.07, 6.45) is 3.36. The fourth-order valence-electron chi connectivity index (χ4n) is 1.70. The molecular weight excluding hydrogens is 176 g/mol. The second-order valence-corrected chi connectivity index (χ2v) is 4.91. The minimum absolute atomic E-state index is 0.0709. The summed E-state index contributed by atoms with van der Waals surface area (Å²) >= 11 is 4.10. The van der Waals surface area contributed by atoms with Crippen LogP contribution in [0.15, 0.2) is 0 Å². The van der Waals surface area contributed by atoms with Crippen molar-refractivity contribution in [3.63, 3.8) is 0 Å². The first kappa shape index (κ1) is 9.75. The fraction of sp³-hybridized carbons (Fsp3) is 1.00. The standard InChI is InChI=1S/C8H16OS2/c1-6-2-3-7(5-11-10)8(9)4-6/h6-10H,2-5H2,1H3. The lowest BCUT2D eigenvalue weighted by Crippen LogP contribution is -2.29. The molecule has 3 atom stereocenters. The molecule has 0 heterocycles. The van der Waals surface area contributed by atoms with Gasteiger partial charge in [-0.05, 0) is 24.7 Å². The van der Waals surface area contributed by atoms with Crippen LogP contribution in [-0.4, -0.2) is 17.0 Å². The van der Waals surface area contributed by atoms with Crippen molar-refractivity contribution in [1.29, 1.82) is 0 Å². The largest absolute Gasteiger partial charge is 0.393 e. The smallest absolute Gasteiger partial charge is 0.0579 e. The van der Waals surface area contributed by atoms with E-state index < -0.39 is 0 Å². The summed E-state index contributed by atoms with van der Waals surface area (Å²) in [5.74, 6) is 2.21. The van der Waals surface area contributed by atoms with Gasteiger partial charge in [-0.1, -0.05) is 24.1 Å². The minimum Gasteiger partial charge on any atom is -0.393 e. The molecule has 1 aliphatic rings. The molecule has 0 aromatic rings. The van der Waals surface area contributed by atoms with Crippen molar-refractivity contribution in [2.45, 2.75) is 32.3 Å². The van der Waals surface area contributed by atoms with Gasteiger partial charge in [-0.2, -0.15) is 0 Å². The van der Waals surface area contributed by atoms with Crippen LogP contribution >= 0.6 is 22.5 Å². The summed E-state index contributed by atoms with van der Waals surface area (Å²) in [7, 11) is 1.55. The highest BCUT2D eigenvalue weighted by Crippen LogP contribution is 2.31. The molecule has 66 valence electrons. The summed E-state index contributed by atoms with van der Waals surface area (Å²) in [4.78, 5) is 0. The molecule has 11 heavy (non-hydrogen) atoms. The summed E-state index contributed by atoms with van der Waals surface area (Å²) < 4.78 is 0. The second kappa shape index (κ2) is 4.63. The van der Waals surface area contributed by atoms with Crippen molar-refractivity contribution in [2.24, 2.45) is 11.8 Å². The van der Waals surface area contributed by atoms with Crippen LogP contribution in [0.5, 0.6) is 0 Å². The van der Waals surface area contributed by atoms with E-state index in [0.29, 0.717) is 11.8 Å². The predicted octanol–water partition coefficient (Wildman–Crippen LogP) is 2.36. The number of thiol groups is 1. The SMILES string of the molecule is CC1CCC(CSS)C(O)C1. The second-order valence-electron chi connectivity index (χ2n) is 3.54. The zero-order chi connectivity index (χ0) is 8.27. The summed E-state index contributed by atoms with van der Waals surface area (Å²) in [6, 6.07) is 0. The van der Waals surface area contributed by atoms with Gasteiger partial charge in [0, 0.05) is 5.75 Å². The molecule has 1 N–H and O–H groups in total. The molecule has 1 saturated carbocycles. The Morgan fingerprint density at radius 2 is 2.27 bits per heavy atom. The van der Waals surface area contributed by atoms with E-state index in [0.717, 1.165) is 12.2 Å². The molecule has 1 aliphatic carbocycles. The van der Waals surface area contributed by atoms with E-state index in [1.807, 2.05) is 0 Å². The van der Waals surface area contributed by atoms with Crippen LogP contribution < -0.4 is 0 Å². The van der Waals surface area contributed by atoms with Crippen molar-refractivity contribution >= 4 is 22.5 Å². The van der Waals surface area contributed by atoms with Gasteiger partial charge in [0.15, 0.2) is 0 Å². The highest BCUT2D eigenvalue weighted by molar-refractivity contribution is 8.68. The van der Waals surface area contributed by atoms with Crippen LogP contribution in [0, 0.1) is 11.8 Å². The molecule has 0 aromatic carbocycles. The number of hydrogen-bond acceptors (Lipinski definition) is 3. The quantitative estimate of drug-likeness (QED) is 0.517. The van der Waals surface area contributed by atoms with Crippen molar-refractivity contribution in [3.05, 3.63) is 0 Å². The van der Waals surface area contributed by atoms with Crippen LogP contribution in [0.3, 0.4) is 0 Å². The number of aliphatic hydroxyl groups excluding tert-OH is 1. The minimum atomic E-state index is -0.0709. The maximum atomic E-state index is 9.62. The van der Waals surface area contributed by atoms with Crippen LogP contribution in [0.25, 0.3) is 0 Å². The first-order chi connectivity index (χ1) is 5.24. The van der Waals surface area contributed by atoms with Gasteiger partial charge >= 0.3 is 0 Å². The van der Waals surface area contributed by atoms with E-state index in [1.54, 1.807) is 10.8 Å². The van der Waals surface area contributed by atoms with Crippen molar-refractivity contribution in [1.82, 2.24) is 0 Å². The molecule has 1 fully saturated rings. The van der Waals surface area contributed by atoms with Gasteiger partial charge in [0.25, 0.3) is 0 Å². The van der Waals surface area contributed by atoms with Crippen LogP contribution in [0.2, 0.25) is 0 Å². The van der Waals surface area contributed by atoms with Crippen LogP contribution in [0.1, 0.15) is 26.2 Å². The Hall–Kier alpha value is 0.660. The summed E-state index contributed by atoms with van der Waals surface area (Å²) in [6.45, 7) is 2.22. The molecule has 3 heteroatoms. The molecule has 1 rings (SSSR count). The van der Waals surface area contributed by atoms with Crippen molar-refractivity contribution < 1.29 is 5.11 Å². The average Bonchev–Trinajstić information content (AvgIpc) is 1.95. The van der Waals surface area contributed by atoms with E-state index in [9.17, 15) is 5.11 Å². The molecule has 0 aliphatic heterocycles. The maximum absolute atomic E-state index is 9.62. The number of aliphatic hydroxyl groups is 1. The molecule has 0 spiro atoms. The zero-order valence-corrected chi connectivity index (χ0v) is 8.57. The van der Waals surface area contributed by atoms with Gasteiger partial charge in [0.1, 0.15) is 0 Å². The van der Waals surface area contributed by atoms with Gasteiger partial charge in [-0.15, -0.1) is 11.7 Å². The third-order valence-corrected chi connectivity index (χ3v) is 3.53. The lowest BCUT2D eigenvalue weighted by Gasteiger charge is -2.30. The third-order valence-electron chi connectivity index (χ3n) is 2.51. The van der Waals surface area contributed by atoms with E-state index in [1.165, 1.54) is 12.8 Å². The molecule has 1 nitrogen and oxygen atoms in total. The van der Waals surface area contributed by atoms with E-state index in [-0.39, 0.29) is 6.10 Å². The lowest BCUT2D eigenvalue weighted by atomic mass is 9.82. The van der Waals surface area contributed by atoms with E-state index >= 15 is 0 Å². The predicted molar refractivity (Wildman–Crippen MR) is 54.0 cm³/mol. The van der Waals surface area contributed by atoms with Gasteiger partial charge in [-0.3, -0.25) is 0 Å². The zero-order valence-electron chi connectivity index (χ0n) is 6.86.